The maximum absolute atomic E-state index is 13.6. The minimum absolute atomic E-state index is 0. The number of aromatic nitrogens is 1. The Morgan fingerprint density at radius 3 is 2.52 bits per heavy atom. The van der Waals surface area contributed by atoms with Crippen LogP contribution in [0.25, 0.3) is 10.9 Å². The van der Waals surface area contributed by atoms with E-state index in [2.05, 4.69) is 25.5 Å². The number of methoxy groups -OCH3 is 2. The topological polar surface area (TPSA) is 73.9 Å². The zero-order valence-electron chi connectivity index (χ0n) is 19.7. The number of nitrogens with one attached hydrogen (secondary N) is 3. The molecule has 9 heteroatoms. The van der Waals surface area contributed by atoms with E-state index >= 15 is 0 Å². The smallest absolute Gasteiger partial charge is 0.191 e. The minimum Gasteiger partial charge on any atom is -0.493 e. The molecule has 1 heterocycles. The number of fused-ring (bicyclic) bond motifs is 1. The van der Waals surface area contributed by atoms with E-state index in [0.717, 1.165) is 28.5 Å². The molecule has 0 fully saturated rings. The molecule has 0 saturated carbocycles. The first kappa shape index (κ1) is 26.7. The first-order valence-electron chi connectivity index (χ1n) is 10.5. The quantitative estimate of drug-likeness (QED) is 0.207. The summed E-state index contributed by atoms with van der Waals surface area (Å²) in [6.07, 6.45) is 2.68. The zero-order valence-corrected chi connectivity index (χ0v) is 22.1. The Morgan fingerprint density at radius 1 is 1.09 bits per heavy atom. The number of likely N-dealkylation sites (N-methyl/N-ethyl adjacent to an activating group) is 1. The van der Waals surface area contributed by atoms with Crippen molar-refractivity contribution in [3.8, 4) is 11.5 Å². The summed E-state index contributed by atoms with van der Waals surface area (Å²) >= 11 is 0. The summed E-state index contributed by atoms with van der Waals surface area (Å²) in [5.74, 6) is 1.89. The number of nitrogens with zero attached hydrogens (tertiary/aromatic N) is 2. The van der Waals surface area contributed by atoms with Crippen LogP contribution >= 0.6 is 24.0 Å². The maximum atomic E-state index is 13.6. The van der Waals surface area contributed by atoms with Crippen LogP contribution in [-0.4, -0.2) is 64.3 Å². The van der Waals surface area contributed by atoms with Gasteiger partial charge in [-0.25, -0.2) is 4.39 Å². The number of aliphatic imine (C=N–C) groups is 1. The summed E-state index contributed by atoms with van der Waals surface area (Å²) in [6, 6.07) is 10.9. The average molecular weight is 569 g/mol. The number of H-pyrrole nitrogens is 1. The lowest BCUT2D eigenvalue weighted by Crippen LogP contribution is -2.42. The molecular weight excluding hydrogens is 536 g/mol. The van der Waals surface area contributed by atoms with Crippen LogP contribution in [0.15, 0.2) is 47.6 Å². The molecule has 1 unspecified atom stereocenters. The fourth-order valence-electron chi connectivity index (χ4n) is 3.75. The van der Waals surface area contributed by atoms with Gasteiger partial charge in [-0.05, 0) is 62.0 Å². The van der Waals surface area contributed by atoms with Gasteiger partial charge in [0.25, 0.3) is 0 Å². The van der Waals surface area contributed by atoms with Gasteiger partial charge in [-0.15, -0.1) is 24.0 Å². The number of benzene rings is 2. The first-order chi connectivity index (χ1) is 15.5. The lowest BCUT2D eigenvalue weighted by Gasteiger charge is -2.26. The number of aromatic amines is 1. The molecule has 0 aliphatic heterocycles. The van der Waals surface area contributed by atoms with Crippen molar-refractivity contribution in [2.24, 2.45) is 4.99 Å². The summed E-state index contributed by atoms with van der Waals surface area (Å²) in [6.45, 7) is 1.33. The highest BCUT2D eigenvalue weighted by atomic mass is 127. The minimum atomic E-state index is -0.228. The van der Waals surface area contributed by atoms with Crippen molar-refractivity contribution < 1.29 is 13.9 Å². The van der Waals surface area contributed by atoms with E-state index in [1.54, 1.807) is 33.4 Å². The highest BCUT2D eigenvalue weighted by Crippen LogP contribution is 2.31. The van der Waals surface area contributed by atoms with Gasteiger partial charge >= 0.3 is 0 Å². The second-order valence-electron chi connectivity index (χ2n) is 7.73. The Balaban J connectivity index is 0.00000385. The van der Waals surface area contributed by atoms with Gasteiger partial charge in [-0.2, -0.15) is 0 Å². The number of hydrogen-bond donors (Lipinski definition) is 3. The van der Waals surface area contributed by atoms with E-state index in [4.69, 9.17) is 9.47 Å². The Kier molecular flexibility index (Phi) is 10.2. The van der Waals surface area contributed by atoms with Crippen molar-refractivity contribution in [3.63, 3.8) is 0 Å². The fourth-order valence-corrected chi connectivity index (χ4v) is 3.75. The molecule has 2 aromatic carbocycles. The number of ether oxygens (including phenoxy) is 2. The van der Waals surface area contributed by atoms with Crippen molar-refractivity contribution >= 4 is 40.8 Å². The standard InChI is InChI=1S/C24H32FN5O2.HI/c1-26-24(27-11-10-17-14-28-20-8-7-18(25)13-19(17)20)29-15-21(30(2)3)16-6-9-22(31-4)23(12-16)32-5;/h6-9,12-14,21,28H,10-11,15H2,1-5H3,(H2,26,27,29);1H. The van der Waals surface area contributed by atoms with Gasteiger partial charge in [0.1, 0.15) is 5.82 Å². The molecule has 0 aliphatic rings. The number of hydrogen-bond acceptors (Lipinski definition) is 4. The van der Waals surface area contributed by atoms with Crippen LogP contribution in [0, 0.1) is 5.82 Å². The Labute approximate surface area is 211 Å². The summed E-state index contributed by atoms with van der Waals surface area (Å²) in [7, 11) is 9.09. The van der Waals surface area contributed by atoms with Crippen molar-refractivity contribution in [2.75, 3.05) is 48.5 Å². The molecule has 180 valence electrons. The molecule has 1 aromatic heterocycles. The highest BCUT2D eigenvalue weighted by molar-refractivity contribution is 14.0. The molecule has 0 radical (unpaired) electrons. The third-order valence-electron chi connectivity index (χ3n) is 5.52. The Hall–Kier alpha value is -2.53. The Morgan fingerprint density at radius 2 is 1.85 bits per heavy atom. The van der Waals surface area contributed by atoms with Crippen LogP contribution in [0.4, 0.5) is 4.39 Å². The predicted octanol–water partition coefficient (Wildman–Crippen LogP) is 3.95. The van der Waals surface area contributed by atoms with E-state index in [1.165, 1.54) is 6.07 Å². The SMILES string of the molecule is CN=C(NCCc1c[nH]c2ccc(F)cc12)NCC(c1ccc(OC)c(OC)c1)N(C)C.I. The largest absolute Gasteiger partial charge is 0.493 e. The molecule has 0 saturated heterocycles. The first-order valence-corrected chi connectivity index (χ1v) is 10.5. The molecule has 0 bridgehead atoms. The molecule has 0 amide bonds. The van der Waals surface area contributed by atoms with Crippen LogP contribution in [-0.2, 0) is 6.42 Å². The highest BCUT2D eigenvalue weighted by Gasteiger charge is 2.17. The van der Waals surface area contributed by atoms with Crippen LogP contribution in [0.1, 0.15) is 17.2 Å². The molecular formula is C24H33FIN5O2. The van der Waals surface area contributed by atoms with Crippen molar-refractivity contribution in [2.45, 2.75) is 12.5 Å². The second-order valence-corrected chi connectivity index (χ2v) is 7.73. The monoisotopic (exact) mass is 569 g/mol. The normalized spacial score (nSPS) is 12.4. The van der Waals surface area contributed by atoms with Crippen LogP contribution in [0.5, 0.6) is 11.5 Å². The van der Waals surface area contributed by atoms with E-state index < -0.39 is 0 Å². The molecule has 3 aromatic rings. The summed E-state index contributed by atoms with van der Waals surface area (Å²) < 4.78 is 24.4. The molecule has 1 atom stereocenters. The van der Waals surface area contributed by atoms with Gasteiger partial charge < -0.3 is 30.0 Å². The summed E-state index contributed by atoms with van der Waals surface area (Å²) in [4.78, 5) is 9.66. The van der Waals surface area contributed by atoms with Gasteiger partial charge in [-0.1, -0.05) is 6.07 Å². The van der Waals surface area contributed by atoms with Crippen LogP contribution in [0.3, 0.4) is 0 Å². The molecule has 7 nitrogen and oxygen atoms in total. The third kappa shape index (κ3) is 6.73. The van der Waals surface area contributed by atoms with Crippen LogP contribution in [0.2, 0.25) is 0 Å². The number of guanidine groups is 1. The molecule has 3 N–H and O–H groups in total. The van der Waals surface area contributed by atoms with E-state index in [1.807, 2.05) is 38.5 Å². The van der Waals surface area contributed by atoms with Crippen molar-refractivity contribution in [1.82, 2.24) is 20.5 Å². The molecule has 33 heavy (non-hydrogen) atoms. The fraction of sp³-hybridized carbons (Fsp3) is 0.375. The molecule has 3 rings (SSSR count). The van der Waals surface area contributed by atoms with Gasteiger partial charge in [0, 0.05) is 37.2 Å². The van der Waals surface area contributed by atoms with Gasteiger partial charge in [0.05, 0.1) is 20.3 Å². The van der Waals surface area contributed by atoms with E-state index in [9.17, 15) is 4.39 Å². The van der Waals surface area contributed by atoms with E-state index in [-0.39, 0.29) is 35.8 Å². The van der Waals surface area contributed by atoms with E-state index in [0.29, 0.717) is 30.5 Å². The average Bonchev–Trinajstić information content (AvgIpc) is 3.19. The summed E-state index contributed by atoms with van der Waals surface area (Å²) in [5, 5.41) is 7.65. The number of rotatable bonds is 9. The molecule has 0 aliphatic carbocycles. The van der Waals surface area contributed by atoms with Crippen molar-refractivity contribution in [1.29, 1.82) is 0 Å². The van der Waals surface area contributed by atoms with Gasteiger partial charge in [0.15, 0.2) is 17.5 Å². The lowest BCUT2D eigenvalue weighted by molar-refractivity contribution is 0.295. The zero-order chi connectivity index (χ0) is 23.1. The van der Waals surface area contributed by atoms with Crippen molar-refractivity contribution in [3.05, 3.63) is 59.5 Å². The van der Waals surface area contributed by atoms with Gasteiger partial charge in [0.2, 0.25) is 0 Å². The van der Waals surface area contributed by atoms with Crippen LogP contribution < -0.4 is 20.1 Å². The summed E-state index contributed by atoms with van der Waals surface area (Å²) in [5.41, 5.74) is 3.11. The second kappa shape index (κ2) is 12.6. The lowest BCUT2D eigenvalue weighted by atomic mass is 10.1. The third-order valence-corrected chi connectivity index (χ3v) is 5.52. The predicted molar refractivity (Wildman–Crippen MR) is 143 cm³/mol. The molecule has 0 spiro atoms. The maximum Gasteiger partial charge on any atom is 0.191 e. The Bertz CT molecular complexity index is 1070. The number of halogens is 2. The van der Waals surface area contributed by atoms with Gasteiger partial charge in [-0.3, -0.25) is 4.99 Å².